The van der Waals surface area contributed by atoms with Gasteiger partial charge in [-0.05, 0) is 13.0 Å². The third-order valence-corrected chi connectivity index (χ3v) is 2.09. The Kier molecular flexibility index (Phi) is 4.41. The molecule has 7 nitrogen and oxygen atoms in total. The number of anilines is 1. The molecule has 0 aliphatic carbocycles. The smallest absolute Gasteiger partial charge is 0.319 e. The molecule has 0 radical (unpaired) electrons. The van der Waals surface area contributed by atoms with Crippen molar-refractivity contribution in [3.63, 3.8) is 0 Å². The Bertz CT molecular complexity index is 434. The van der Waals surface area contributed by atoms with Crippen molar-refractivity contribution in [3.8, 4) is 0 Å². The first-order chi connectivity index (χ1) is 8.04. The molecule has 0 aliphatic rings. The van der Waals surface area contributed by atoms with E-state index >= 15 is 0 Å². The molecular weight excluding hydrogens is 224 g/mol. The van der Waals surface area contributed by atoms with Gasteiger partial charge in [0.05, 0.1) is 4.92 Å². The summed E-state index contributed by atoms with van der Waals surface area (Å²) in [5.41, 5.74) is 6.11. The predicted molar refractivity (Wildman–Crippen MR) is 63.9 cm³/mol. The topological polar surface area (TPSA) is 110 Å². The maximum absolute atomic E-state index is 11.3. The summed E-state index contributed by atoms with van der Waals surface area (Å²) >= 11 is 0. The quantitative estimate of drug-likeness (QED) is 0.536. The lowest BCUT2D eigenvalue weighted by Gasteiger charge is -2.07. The number of hydrogen-bond acceptors (Lipinski definition) is 4. The van der Waals surface area contributed by atoms with Gasteiger partial charge in [-0.1, -0.05) is 6.07 Å². The number of nitro groups is 1. The van der Waals surface area contributed by atoms with Gasteiger partial charge < -0.3 is 16.4 Å². The Labute approximate surface area is 98.1 Å². The maximum atomic E-state index is 11.3. The molecule has 0 heterocycles. The fraction of sp³-hybridized carbons (Fsp3) is 0.300. The first kappa shape index (κ1) is 12.9. The average molecular weight is 238 g/mol. The van der Waals surface area contributed by atoms with Gasteiger partial charge in [0.15, 0.2) is 0 Å². The molecule has 0 bridgehead atoms. The van der Waals surface area contributed by atoms with Gasteiger partial charge in [-0.2, -0.15) is 0 Å². The van der Waals surface area contributed by atoms with E-state index in [2.05, 4.69) is 10.6 Å². The van der Waals surface area contributed by atoms with Gasteiger partial charge in [0, 0.05) is 30.4 Å². The lowest BCUT2D eigenvalue weighted by atomic mass is 10.2. The van der Waals surface area contributed by atoms with E-state index in [4.69, 9.17) is 5.73 Å². The number of nitro benzene ring substituents is 1. The highest BCUT2D eigenvalue weighted by atomic mass is 16.6. The van der Waals surface area contributed by atoms with E-state index in [1.54, 1.807) is 19.1 Å². The van der Waals surface area contributed by atoms with E-state index in [9.17, 15) is 14.9 Å². The van der Waals surface area contributed by atoms with Gasteiger partial charge in [-0.15, -0.1) is 0 Å². The fourth-order valence-electron chi connectivity index (χ4n) is 1.24. The summed E-state index contributed by atoms with van der Waals surface area (Å²) < 4.78 is 0. The van der Waals surface area contributed by atoms with Crippen molar-refractivity contribution in [2.24, 2.45) is 5.73 Å². The monoisotopic (exact) mass is 238 g/mol. The highest BCUT2D eigenvalue weighted by molar-refractivity contribution is 5.89. The van der Waals surface area contributed by atoms with Gasteiger partial charge in [-0.25, -0.2) is 4.79 Å². The third-order valence-electron chi connectivity index (χ3n) is 2.09. The normalized spacial score (nSPS) is 9.76. The summed E-state index contributed by atoms with van der Waals surface area (Å²) in [4.78, 5) is 21.5. The summed E-state index contributed by atoms with van der Waals surface area (Å²) in [6.07, 6.45) is 0. The van der Waals surface area contributed by atoms with E-state index in [1.165, 1.54) is 6.07 Å². The minimum Gasteiger partial charge on any atom is -0.337 e. The molecule has 1 aromatic carbocycles. The van der Waals surface area contributed by atoms with Crippen molar-refractivity contribution in [1.29, 1.82) is 0 Å². The molecule has 0 saturated carbocycles. The number of benzene rings is 1. The van der Waals surface area contributed by atoms with E-state index in [1.807, 2.05) is 0 Å². The summed E-state index contributed by atoms with van der Waals surface area (Å²) in [6, 6.07) is 4.06. The Balaban J connectivity index is 2.75. The predicted octanol–water partition coefficient (Wildman–Crippen LogP) is 0.983. The van der Waals surface area contributed by atoms with Crippen LogP contribution >= 0.6 is 0 Å². The number of amides is 2. The van der Waals surface area contributed by atoms with E-state index in [0.29, 0.717) is 24.3 Å². The zero-order valence-electron chi connectivity index (χ0n) is 9.40. The number of hydrogen-bond donors (Lipinski definition) is 3. The molecule has 0 aliphatic heterocycles. The molecule has 0 spiro atoms. The minimum absolute atomic E-state index is 0.0263. The average Bonchev–Trinajstić information content (AvgIpc) is 2.28. The molecule has 1 rings (SSSR count). The molecular formula is C10H14N4O3. The Hall–Kier alpha value is -2.15. The van der Waals surface area contributed by atoms with Crippen LogP contribution in [0.25, 0.3) is 0 Å². The van der Waals surface area contributed by atoms with Crippen molar-refractivity contribution < 1.29 is 9.72 Å². The first-order valence-corrected chi connectivity index (χ1v) is 5.04. The summed E-state index contributed by atoms with van der Waals surface area (Å²) in [5, 5.41) is 15.7. The number of nitrogens with two attached hydrogens (primary N) is 1. The van der Waals surface area contributed by atoms with Crippen LogP contribution in [0.4, 0.5) is 16.2 Å². The van der Waals surface area contributed by atoms with Crippen molar-refractivity contribution in [1.82, 2.24) is 5.32 Å². The van der Waals surface area contributed by atoms with Crippen LogP contribution in [0, 0.1) is 17.0 Å². The number of aryl methyl sites for hydroxylation is 1. The molecule has 0 aromatic heterocycles. The van der Waals surface area contributed by atoms with Gasteiger partial charge >= 0.3 is 6.03 Å². The zero-order valence-corrected chi connectivity index (χ0v) is 9.40. The number of nitrogens with one attached hydrogen (secondary N) is 2. The van der Waals surface area contributed by atoms with Crippen LogP contribution in [-0.2, 0) is 0 Å². The summed E-state index contributed by atoms with van der Waals surface area (Å²) in [6.45, 7) is 2.32. The van der Waals surface area contributed by atoms with E-state index in [-0.39, 0.29) is 5.69 Å². The van der Waals surface area contributed by atoms with Crippen LogP contribution in [0.3, 0.4) is 0 Å². The van der Waals surface area contributed by atoms with Crippen LogP contribution in [0.15, 0.2) is 18.2 Å². The molecule has 0 unspecified atom stereocenters. The van der Waals surface area contributed by atoms with Crippen LogP contribution in [0.5, 0.6) is 0 Å². The van der Waals surface area contributed by atoms with E-state index < -0.39 is 11.0 Å². The van der Waals surface area contributed by atoms with Gasteiger partial charge in [-0.3, -0.25) is 10.1 Å². The van der Waals surface area contributed by atoms with Crippen molar-refractivity contribution in [2.45, 2.75) is 6.92 Å². The number of nitrogens with zero attached hydrogens (tertiary/aromatic N) is 1. The lowest BCUT2D eigenvalue weighted by Crippen LogP contribution is -2.32. The lowest BCUT2D eigenvalue weighted by molar-refractivity contribution is -0.385. The maximum Gasteiger partial charge on any atom is 0.319 e. The second kappa shape index (κ2) is 5.80. The van der Waals surface area contributed by atoms with Crippen LogP contribution in [0.1, 0.15) is 5.56 Å². The second-order valence-corrected chi connectivity index (χ2v) is 3.43. The SMILES string of the molecule is Cc1ccc(NC(=O)NCCN)cc1[N+](=O)[O-]. The zero-order chi connectivity index (χ0) is 12.8. The van der Waals surface area contributed by atoms with Crippen LogP contribution < -0.4 is 16.4 Å². The molecule has 17 heavy (non-hydrogen) atoms. The molecule has 4 N–H and O–H groups in total. The molecule has 2 amide bonds. The number of carbonyl (C=O) groups is 1. The number of rotatable bonds is 4. The highest BCUT2D eigenvalue weighted by Crippen LogP contribution is 2.21. The summed E-state index contributed by atoms with van der Waals surface area (Å²) in [5.74, 6) is 0. The minimum atomic E-state index is -0.488. The molecule has 0 atom stereocenters. The molecule has 0 fully saturated rings. The fourth-order valence-corrected chi connectivity index (χ4v) is 1.24. The Morgan fingerprint density at radius 3 is 2.82 bits per heavy atom. The van der Waals surface area contributed by atoms with Crippen LogP contribution in [-0.4, -0.2) is 24.0 Å². The van der Waals surface area contributed by atoms with Gasteiger partial charge in [0.1, 0.15) is 0 Å². The van der Waals surface area contributed by atoms with Gasteiger partial charge in [0.25, 0.3) is 5.69 Å². The Morgan fingerprint density at radius 2 is 2.24 bits per heavy atom. The summed E-state index contributed by atoms with van der Waals surface area (Å²) in [7, 11) is 0. The largest absolute Gasteiger partial charge is 0.337 e. The standard InChI is InChI=1S/C10H14N4O3/c1-7-2-3-8(6-9(7)14(16)17)13-10(15)12-5-4-11/h2-3,6H,4-5,11H2,1H3,(H2,12,13,15). The van der Waals surface area contributed by atoms with Crippen molar-refractivity contribution in [2.75, 3.05) is 18.4 Å². The highest BCUT2D eigenvalue weighted by Gasteiger charge is 2.11. The third kappa shape index (κ3) is 3.72. The molecule has 92 valence electrons. The Morgan fingerprint density at radius 1 is 1.53 bits per heavy atom. The van der Waals surface area contributed by atoms with Gasteiger partial charge in [0.2, 0.25) is 0 Å². The van der Waals surface area contributed by atoms with Crippen molar-refractivity contribution in [3.05, 3.63) is 33.9 Å². The second-order valence-electron chi connectivity index (χ2n) is 3.43. The van der Waals surface area contributed by atoms with Crippen LogP contribution in [0.2, 0.25) is 0 Å². The first-order valence-electron chi connectivity index (χ1n) is 5.04. The number of carbonyl (C=O) groups excluding carboxylic acids is 1. The number of urea groups is 1. The molecule has 0 saturated heterocycles. The molecule has 7 heteroatoms. The van der Waals surface area contributed by atoms with E-state index in [0.717, 1.165) is 0 Å². The molecule has 1 aromatic rings. The van der Waals surface area contributed by atoms with Crippen molar-refractivity contribution >= 4 is 17.4 Å².